The molecule has 3 aromatic rings. The van der Waals surface area contributed by atoms with E-state index in [9.17, 15) is 14.9 Å². The minimum Gasteiger partial charge on any atom is -0.503 e. The molecule has 176 valence electrons. The first-order valence-electron chi connectivity index (χ1n) is 9.77. The number of carbonyl (C=O) groups is 1. The molecule has 0 N–H and O–H groups in total. The maximum Gasteiger partial charge on any atom is 0.341 e. The molecule has 0 bridgehead atoms. The number of benzene rings is 3. The van der Waals surface area contributed by atoms with Crippen molar-refractivity contribution in [3.63, 3.8) is 0 Å². The quantitative estimate of drug-likeness (QED) is 0.109. The topological polar surface area (TPSA) is 97.1 Å². The van der Waals surface area contributed by atoms with E-state index in [2.05, 4.69) is 0 Å². The molecule has 0 unspecified atom stereocenters. The van der Waals surface area contributed by atoms with Crippen molar-refractivity contribution in [2.24, 2.45) is 0 Å². The lowest BCUT2D eigenvalue weighted by Crippen LogP contribution is -2.08. The number of nitro benzene ring substituents is 1. The first kappa shape index (κ1) is 24.9. The average Bonchev–Trinajstić information content (AvgIpc) is 2.83. The van der Waals surface area contributed by atoms with Gasteiger partial charge in [-0.1, -0.05) is 47.5 Å². The lowest BCUT2D eigenvalue weighted by atomic mass is 10.0. The Hall–Kier alpha value is -3.75. The second-order valence-corrected chi connectivity index (χ2v) is 7.59. The summed E-state index contributed by atoms with van der Waals surface area (Å²) in [5.41, 5.74) is 1.47. The van der Waals surface area contributed by atoms with Gasteiger partial charge in [0.2, 0.25) is 0 Å². The van der Waals surface area contributed by atoms with E-state index >= 15 is 0 Å². The first-order chi connectivity index (χ1) is 16.3. The van der Waals surface area contributed by atoms with Crippen molar-refractivity contribution in [3.8, 4) is 17.2 Å². The highest BCUT2D eigenvalue weighted by atomic mass is 35.5. The smallest absolute Gasteiger partial charge is 0.341 e. The van der Waals surface area contributed by atoms with Crippen LogP contribution >= 0.6 is 23.2 Å². The monoisotopic (exact) mass is 503 g/mol. The SMILES string of the molecule is CO/C=C(/C(=O)OC)c1ccccc1COc1cc(Cl)c(Oc2ccc([N+](=O)[O-])cc2)c(Cl)c1. The van der Waals surface area contributed by atoms with Crippen LogP contribution < -0.4 is 9.47 Å². The molecule has 0 aliphatic heterocycles. The van der Waals surface area contributed by atoms with Gasteiger partial charge in [-0.3, -0.25) is 10.1 Å². The minimum absolute atomic E-state index is 0.0655. The fourth-order valence-corrected chi connectivity index (χ4v) is 3.53. The van der Waals surface area contributed by atoms with Crippen molar-refractivity contribution in [2.75, 3.05) is 14.2 Å². The van der Waals surface area contributed by atoms with Crippen LogP contribution in [-0.4, -0.2) is 25.1 Å². The summed E-state index contributed by atoms with van der Waals surface area (Å²) in [7, 11) is 2.72. The number of non-ortho nitro benzene ring substituents is 1. The van der Waals surface area contributed by atoms with Gasteiger partial charge in [0, 0.05) is 24.3 Å². The minimum atomic E-state index is -0.548. The van der Waals surface area contributed by atoms with E-state index in [-0.39, 0.29) is 33.7 Å². The largest absolute Gasteiger partial charge is 0.503 e. The zero-order valence-electron chi connectivity index (χ0n) is 18.1. The average molecular weight is 504 g/mol. The summed E-state index contributed by atoms with van der Waals surface area (Å²) in [6.45, 7) is 0.101. The number of halogens is 2. The van der Waals surface area contributed by atoms with E-state index < -0.39 is 10.9 Å². The Morgan fingerprint density at radius 1 is 1.00 bits per heavy atom. The molecule has 0 saturated heterocycles. The molecule has 0 aromatic heterocycles. The third-order valence-electron chi connectivity index (χ3n) is 4.58. The van der Waals surface area contributed by atoms with Crippen LogP contribution in [0.25, 0.3) is 5.57 Å². The lowest BCUT2D eigenvalue weighted by molar-refractivity contribution is -0.384. The molecule has 0 atom stereocenters. The van der Waals surface area contributed by atoms with Gasteiger partial charge in [-0.05, 0) is 23.3 Å². The molecule has 3 rings (SSSR count). The van der Waals surface area contributed by atoms with Crippen molar-refractivity contribution in [3.05, 3.63) is 98.2 Å². The molecule has 0 aliphatic carbocycles. The van der Waals surface area contributed by atoms with Crippen LogP contribution in [0.1, 0.15) is 11.1 Å². The van der Waals surface area contributed by atoms with Crippen molar-refractivity contribution in [1.29, 1.82) is 0 Å². The Morgan fingerprint density at radius 2 is 1.65 bits per heavy atom. The van der Waals surface area contributed by atoms with Gasteiger partial charge in [0.25, 0.3) is 5.69 Å². The third kappa shape index (κ3) is 5.98. The van der Waals surface area contributed by atoms with Crippen LogP contribution in [-0.2, 0) is 20.9 Å². The molecule has 8 nitrogen and oxygen atoms in total. The van der Waals surface area contributed by atoms with Gasteiger partial charge in [0.05, 0.1) is 35.5 Å². The van der Waals surface area contributed by atoms with Gasteiger partial charge in [-0.15, -0.1) is 0 Å². The van der Waals surface area contributed by atoms with Gasteiger partial charge >= 0.3 is 5.97 Å². The van der Waals surface area contributed by atoms with Gasteiger partial charge in [-0.2, -0.15) is 0 Å². The number of carbonyl (C=O) groups excluding carboxylic acids is 1. The van der Waals surface area contributed by atoms with Crippen LogP contribution in [0, 0.1) is 10.1 Å². The molecule has 34 heavy (non-hydrogen) atoms. The van der Waals surface area contributed by atoms with E-state index in [4.69, 9.17) is 42.1 Å². The molecule has 0 radical (unpaired) electrons. The highest BCUT2D eigenvalue weighted by Gasteiger charge is 2.18. The van der Waals surface area contributed by atoms with Gasteiger partial charge in [-0.25, -0.2) is 4.79 Å². The van der Waals surface area contributed by atoms with E-state index in [0.717, 1.165) is 0 Å². The number of esters is 1. The standard InChI is InChI=1S/C24H19Cl2NO7/c1-31-14-20(24(28)32-2)19-6-4-3-5-15(19)13-33-18-11-21(25)23(22(26)12-18)34-17-9-7-16(8-10-17)27(29)30/h3-12,14H,13H2,1-2H3/b20-14+. The van der Waals surface area contributed by atoms with Crippen LogP contribution in [0.3, 0.4) is 0 Å². The molecule has 3 aromatic carbocycles. The Bertz CT molecular complexity index is 1200. The van der Waals surface area contributed by atoms with Crippen LogP contribution in [0.15, 0.2) is 66.9 Å². The van der Waals surface area contributed by atoms with Gasteiger partial charge in [0.15, 0.2) is 5.75 Å². The number of ether oxygens (including phenoxy) is 4. The third-order valence-corrected chi connectivity index (χ3v) is 5.14. The molecule has 0 heterocycles. The molecule has 0 spiro atoms. The zero-order valence-corrected chi connectivity index (χ0v) is 19.6. The summed E-state index contributed by atoms with van der Waals surface area (Å²) < 4.78 is 21.4. The number of rotatable bonds is 9. The zero-order chi connectivity index (χ0) is 24.7. The van der Waals surface area contributed by atoms with E-state index in [1.54, 1.807) is 18.2 Å². The lowest BCUT2D eigenvalue weighted by Gasteiger charge is -2.14. The second kappa shape index (κ2) is 11.4. The van der Waals surface area contributed by atoms with E-state index in [0.29, 0.717) is 22.6 Å². The Morgan fingerprint density at radius 3 is 2.24 bits per heavy atom. The highest BCUT2D eigenvalue weighted by molar-refractivity contribution is 6.37. The summed E-state index contributed by atoms with van der Waals surface area (Å²) in [6.07, 6.45) is 1.31. The normalized spacial score (nSPS) is 11.0. The molecule has 0 fully saturated rings. The maximum atomic E-state index is 12.2. The summed E-state index contributed by atoms with van der Waals surface area (Å²) in [6, 6.07) is 15.7. The Labute approximate surface area is 205 Å². The van der Waals surface area contributed by atoms with Gasteiger partial charge < -0.3 is 18.9 Å². The predicted molar refractivity (Wildman–Crippen MR) is 127 cm³/mol. The van der Waals surface area contributed by atoms with Crippen molar-refractivity contribution >= 4 is 40.4 Å². The van der Waals surface area contributed by atoms with Crippen LogP contribution in [0.5, 0.6) is 17.2 Å². The van der Waals surface area contributed by atoms with Crippen molar-refractivity contribution < 1.29 is 28.7 Å². The fourth-order valence-electron chi connectivity index (χ4n) is 2.99. The maximum absolute atomic E-state index is 12.2. The number of hydrogen-bond donors (Lipinski definition) is 0. The molecular formula is C24H19Cl2NO7. The summed E-state index contributed by atoms with van der Waals surface area (Å²) >= 11 is 12.7. The van der Waals surface area contributed by atoms with E-state index in [1.165, 1.54) is 56.9 Å². The molecule has 0 amide bonds. The van der Waals surface area contributed by atoms with E-state index in [1.807, 2.05) is 6.07 Å². The summed E-state index contributed by atoms with van der Waals surface area (Å²) in [5, 5.41) is 11.2. The molecule has 0 aliphatic rings. The molecule has 0 saturated carbocycles. The predicted octanol–water partition coefficient (Wildman–Crippen LogP) is 6.43. The van der Waals surface area contributed by atoms with Crippen LogP contribution in [0.2, 0.25) is 10.0 Å². The van der Waals surface area contributed by atoms with Gasteiger partial charge in [0.1, 0.15) is 23.7 Å². The van der Waals surface area contributed by atoms with Crippen LogP contribution in [0.4, 0.5) is 5.69 Å². The number of nitrogens with zero attached hydrogens (tertiary/aromatic N) is 1. The number of hydrogen-bond acceptors (Lipinski definition) is 7. The number of nitro groups is 1. The molecular weight excluding hydrogens is 485 g/mol. The number of methoxy groups -OCH3 is 2. The highest BCUT2D eigenvalue weighted by Crippen LogP contribution is 2.40. The first-order valence-corrected chi connectivity index (χ1v) is 10.5. The summed E-state index contributed by atoms with van der Waals surface area (Å²) in [4.78, 5) is 22.5. The summed E-state index contributed by atoms with van der Waals surface area (Å²) in [5.74, 6) is 0.336. The van der Waals surface area contributed by atoms with Crippen molar-refractivity contribution in [1.82, 2.24) is 0 Å². The Kier molecular flexibility index (Phi) is 8.34. The second-order valence-electron chi connectivity index (χ2n) is 6.77. The molecule has 10 heteroatoms. The Balaban J connectivity index is 1.79. The fraction of sp³-hybridized carbons (Fsp3) is 0.125. The van der Waals surface area contributed by atoms with Crippen molar-refractivity contribution in [2.45, 2.75) is 6.61 Å².